The number of benzene rings is 1. The Morgan fingerprint density at radius 1 is 1.24 bits per heavy atom. The minimum Gasteiger partial charge on any atom is -0.355 e. The molecule has 0 fully saturated rings. The summed E-state index contributed by atoms with van der Waals surface area (Å²) in [6.07, 6.45) is 2.17. The van der Waals surface area contributed by atoms with Gasteiger partial charge in [-0.05, 0) is 48.8 Å². The average molecular weight is 285 g/mol. The molecule has 1 nitrogen and oxygen atoms in total. The Kier molecular flexibility index (Phi) is 5.44. The molecule has 116 valence electrons. The van der Waals surface area contributed by atoms with Gasteiger partial charge in [0.15, 0.2) is 0 Å². The van der Waals surface area contributed by atoms with Gasteiger partial charge >= 0.3 is 0 Å². The van der Waals surface area contributed by atoms with Gasteiger partial charge in [-0.3, -0.25) is 0 Å². The lowest BCUT2D eigenvalue weighted by Crippen LogP contribution is -2.26. The largest absolute Gasteiger partial charge is 0.355 e. The van der Waals surface area contributed by atoms with Gasteiger partial charge in [-0.1, -0.05) is 58.0 Å². The van der Waals surface area contributed by atoms with Crippen molar-refractivity contribution in [3.05, 3.63) is 53.4 Å². The van der Waals surface area contributed by atoms with Crippen molar-refractivity contribution in [1.82, 2.24) is 4.90 Å². The van der Waals surface area contributed by atoms with Crippen LogP contribution in [0, 0.1) is 12.8 Å². The Morgan fingerprint density at radius 2 is 1.81 bits per heavy atom. The first-order valence-electron chi connectivity index (χ1n) is 7.75. The van der Waals surface area contributed by atoms with Crippen LogP contribution in [0.4, 0.5) is 0 Å². The molecule has 0 aliphatic rings. The van der Waals surface area contributed by atoms with E-state index < -0.39 is 0 Å². The Morgan fingerprint density at radius 3 is 2.29 bits per heavy atom. The Balaban J connectivity index is 3.41. The lowest BCUT2D eigenvalue weighted by molar-refractivity contribution is 0.371. The molecule has 1 heteroatoms. The van der Waals surface area contributed by atoms with E-state index in [2.05, 4.69) is 77.4 Å². The Hall–Kier alpha value is -1.50. The zero-order valence-electron chi connectivity index (χ0n) is 15.0. The molecule has 0 aromatic heterocycles. The van der Waals surface area contributed by atoms with Crippen LogP contribution in [0.5, 0.6) is 0 Å². The van der Waals surface area contributed by atoms with E-state index in [4.69, 9.17) is 0 Å². The second kappa shape index (κ2) is 6.51. The summed E-state index contributed by atoms with van der Waals surface area (Å²) in [7, 11) is 2.05. The van der Waals surface area contributed by atoms with Crippen molar-refractivity contribution in [3.63, 3.8) is 0 Å². The van der Waals surface area contributed by atoms with Crippen LogP contribution in [-0.2, 0) is 5.41 Å². The maximum Gasteiger partial charge on any atom is 0.0109 e. The van der Waals surface area contributed by atoms with Crippen LogP contribution in [0.3, 0.4) is 0 Å². The monoisotopic (exact) mass is 285 g/mol. The number of rotatable bonds is 5. The Labute approximate surface area is 131 Å². The van der Waals surface area contributed by atoms with Crippen LogP contribution in [-0.4, -0.2) is 11.9 Å². The summed E-state index contributed by atoms with van der Waals surface area (Å²) in [5, 5.41) is 0. The molecular weight excluding hydrogens is 254 g/mol. The SMILES string of the molecule is C=C(C)N(C)/C=C(\C)c1ccc(C)cc1C(C)(C)C(C)C. The van der Waals surface area contributed by atoms with E-state index in [0.29, 0.717) is 5.92 Å². The molecule has 0 atom stereocenters. The first-order chi connectivity index (χ1) is 9.57. The predicted octanol–water partition coefficient (Wildman–Crippen LogP) is 5.75. The van der Waals surface area contributed by atoms with Gasteiger partial charge in [-0.2, -0.15) is 0 Å². The first kappa shape index (κ1) is 17.6. The van der Waals surface area contributed by atoms with Gasteiger partial charge in [-0.25, -0.2) is 0 Å². The third-order valence-electron chi connectivity index (χ3n) is 4.73. The molecule has 1 aromatic rings. The van der Waals surface area contributed by atoms with Crippen molar-refractivity contribution in [1.29, 1.82) is 0 Å². The van der Waals surface area contributed by atoms with Crippen LogP contribution in [0.15, 0.2) is 36.7 Å². The summed E-state index contributed by atoms with van der Waals surface area (Å²) in [5.41, 5.74) is 6.57. The molecule has 21 heavy (non-hydrogen) atoms. The van der Waals surface area contributed by atoms with Crippen molar-refractivity contribution >= 4 is 5.57 Å². The topological polar surface area (TPSA) is 3.24 Å². The average Bonchev–Trinajstić information content (AvgIpc) is 2.37. The van der Waals surface area contributed by atoms with Crippen molar-refractivity contribution in [3.8, 4) is 0 Å². The van der Waals surface area contributed by atoms with Crippen LogP contribution < -0.4 is 0 Å². The van der Waals surface area contributed by atoms with Crippen molar-refractivity contribution in [2.24, 2.45) is 5.92 Å². The van der Waals surface area contributed by atoms with E-state index in [-0.39, 0.29) is 5.41 Å². The molecule has 0 amide bonds. The highest BCUT2D eigenvalue weighted by Crippen LogP contribution is 2.36. The van der Waals surface area contributed by atoms with E-state index >= 15 is 0 Å². The third kappa shape index (κ3) is 4.00. The summed E-state index contributed by atoms with van der Waals surface area (Å²) >= 11 is 0. The third-order valence-corrected chi connectivity index (χ3v) is 4.73. The standard InChI is InChI=1S/C20H31N/c1-14(2)20(7,8)19-12-16(5)10-11-18(19)17(6)13-21(9)15(3)4/h10-14H,3H2,1-2,4-9H3/b17-13+. The van der Waals surface area contributed by atoms with Crippen LogP contribution >= 0.6 is 0 Å². The normalized spacial score (nSPS) is 12.7. The van der Waals surface area contributed by atoms with Gasteiger partial charge in [-0.15, -0.1) is 0 Å². The fourth-order valence-corrected chi connectivity index (χ4v) is 2.32. The Bertz CT molecular complexity index is 547. The quantitative estimate of drug-likeness (QED) is 0.665. The highest BCUT2D eigenvalue weighted by atomic mass is 15.1. The van der Waals surface area contributed by atoms with Gasteiger partial charge in [0.25, 0.3) is 0 Å². The van der Waals surface area contributed by atoms with Gasteiger partial charge < -0.3 is 4.90 Å². The molecule has 1 rings (SSSR count). The van der Waals surface area contributed by atoms with Crippen LogP contribution in [0.25, 0.3) is 5.57 Å². The molecule has 0 aliphatic heterocycles. The predicted molar refractivity (Wildman–Crippen MR) is 95.3 cm³/mol. The highest BCUT2D eigenvalue weighted by molar-refractivity contribution is 5.68. The maximum atomic E-state index is 4.00. The molecule has 0 bridgehead atoms. The van der Waals surface area contributed by atoms with E-state index in [9.17, 15) is 0 Å². The zero-order valence-corrected chi connectivity index (χ0v) is 15.0. The van der Waals surface area contributed by atoms with E-state index in [0.717, 1.165) is 5.70 Å². The van der Waals surface area contributed by atoms with Crippen molar-refractivity contribution in [2.45, 2.75) is 53.9 Å². The van der Waals surface area contributed by atoms with E-state index in [1.807, 2.05) is 14.0 Å². The van der Waals surface area contributed by atoms with Crippen LogP contribution in [0.1, 0.15) is 58.2 Å². The molecular formula is C20H31N. The van der Waals surface area contributed by atoms with E-state index in [1.165, 1.54) is 22.3 Å². The summed E-state index contributed by atoms with van der Waals surface area (Å²) < 4.78 is 0. The van der Waals surface area contributed by atoms with Gasteiger partial charge in [0.1, 0.15) is 0 Å². The lowest BCUT2D eigenvalue weighted by Gasteiger charge is -2.33. The molecule has 0 aliphatic carbocycles. The molecule has 1 aromatic carbocycles. The molecule has 0 spiro atoms. The van der Waals surface area contributed by atoms with Gasteiger partial charge in [0, 0.05) is 18.9 Å². The first-order valence-corrected chi connectivity index (χ1v) is 7.75. The molecule has 0 unspecified atom stereocenters. The van der Waals surface area contributed by atoms with Crippen LogP contribution in [0.2, 0.25) is 0 Å². The minimum absolute atomic E-state index is 0.151. The molecule has 0 heterocycles. The van der Waals surface area contributed by atoms with Crippen molar-refractivity contribution in [2.75, 3.05) is 7.05 Å². The van der Waals surface area contributed by atoms with Gasteiger partial charge in [0.05, 0.1) is 0 Å². The number of hydrogen-bond donors (Lipinski definition) is 0. The summed E-state index contributed by atoms with van der Waals surface area (Å²) in [4.78, 5) is 2.08. The summed E-state index contributed by atoms with van der Waals surface area (Å²) in [6.45, 7) is 19.6. The number of aryl methyl sites for hydroxylation is 1. The minimum atomic E-state index is 0.151. The zero-order chi connectivity index (χ0) is 16.4. The number of nitrogens with zero attached hydrogens (tertiary/aromatic N) is 1. The molecule has 0 saturated carbocycles. The smallest absolute Gasteiger partial charge is 0.0109 e. The van der Waals surface area contributed by atoms with Gasteiger partial charge in [0.2, 0.25) is 0 Å². The fraction of sp³-hybridized carbons (Fsp3) is 0.500. The molecule has 0 radical (unpaired) electrons. The second-order valence-corrected chi connectivity index (χ2v) is 7.08. The number of allylic oxidation sites excluding steroid dienone is 2. The fourth-order valence-electron chi connectivity index (χ4n) is 2.32. The highest BCUT2D eigenvalue weighted by Gasteiger charge is 2.27. The summed E-state index contributed by atoms with van der Waals surface area (Å²) in [5.74, 6) is 0.588. The molecule has 0 N–H and O–H groups in total. The molecule has 0 saturated heterocycles. The van der Waals surface area contributed by atoms with E-state index in [1.54, 1.807) is 0 Å². The maximum absolute atomic E-state index is 4.00. The van der Waals surface area contributed by atoms with Crippen molar-refractivity contribution < 1.29 is 0 Å². The second-order valence-electron chi connectivity index (χ2n) is 7.08. The lowest BCUT2D eigenvalue weighted by atomic mass is 9.72. The number of hydrogen-bond acceptors (Lipinski definition) is 1. The summed E-state index contributed by atoms with van der Waals surface area (Å²) in [6, 6.07) is 6.80.